The monoisotopic (exact) mass is 278 g/mol. The Morgan fingerprint density at radius 3 is 2.62 bits per heavy atom. The lowest BCUT2D eigenvalue weighted by atomic mass is 9.96. The average Bonchev–Trinajstić information content (AvgIpc) is 2.54. The Bertz CT molecular complexity index is 822. The van der Waals surface area contributed by atoms with Gasteiger partial charge in [0.2, 0.25) is 0 Å². The molecule has 3 heteroatoms. The molecule has 3 rings (SSSR count). The molecule has 0 atom stereocenters. The third kappa shape index (κ3) is 2.34. The van der Waals surface area contributed by atoms with E-state index in [4.69, 9.17) is 4.74 Å². The van der Waals surface area contributed by atoms with Crippen molar-refractivity contribution in [1.29, 1.82) is 0 Å². The summed E-state index contributed by atoms with van der Waals surface area (Å²) < 4.78 is 5.14. The van der Waals surface area contributed by atoms with Crippen LogP contribution < -0.4 is 4.74 Å². The zero-order valence-corrected chi connectivity index (χ0v) is 11.5. The van der Waals surface area contributed by atoms with Gasteiger partial charge < -0.3 is 9.84 Å². The number of aromatic hydroxyl groups is 1. The van der Waals surface area contributed by atoms with E-state index >= 15 is 0 Å². The third-order valence-corrected chi connectivity index (χ3v) is 3.47. The van der Waals surface area contributed by atoms with Crippen LogP contribution in [-0.2, 0) is 0 Å². The van der Waals surface area contributed by atoms with Crippen LogP contribution in [0.3, 0.4) is 0 Å². The van der Waals surface area contributed by atoms with E-state index < -0.39 is 0 Å². The minimum atomic E-state index is -0.219. The SMILES string of the molecule is COc1cccc(C(=O)c2c(O)ccc3ccccc23)c1. The van der Waals surface area contributed by atoms with Crippen molar-refractivity contribution in [2.45, 2.75) is 0 Å². The number of hydrogen-bond acceptors (Lipinski definition) is 3. The van der Waals surface area contributed by atoms with Crippen LogP contribution in [-0.4, -0.2) is 18.0 Å². The Morgan fingerprint density at radius 1 is 1.00 bits per heavy atom. The van der Waals surface area contributed by atoms with E-state index in [1.807, 2.05) is 24.3 Å². The summed E-state index contributed by atoms with van der Waals surface area (Å²) in [5.74, 6) is 0.380. The predicted molar refractivity (Wildman–Crippen MR) is 82.0 cm³/mol. The number of rotatable bonds is 3. The molecule has 0 spiro atoms. The number of hydrogen-bond donors (Lipinski definition) is 1. The summed E-state index contributed by atoms with van der Waals surface area (Å²) in [6.45, 7) is 0. The molecule has 104 valence electrons. The van der Waals surface area contributed by atoms with E-state index in [0.717, 1.165) is 10.8 Å². The van der Waals surface area contributed by atoms with Gasteiger partial charge in [0.05, 0.1) is 12.7 Å². The number of benzene rings is 3. The van der Waals surface area contributed by atoms with Crippen molar-refractivity contribution >= 4 is 16.6 Å². The average molecular weight is 278 g/mol. The van der Waals surface area contributed by atoms with E-state index in [1.54, 1.807) is 43.5 Å². The molecule has 0 heterocycles. The standard InChI is InChI=1S/C18H14O3/c1-21-14-7-4-6-13(11-14)18(20)17-15-8-3-2-5-12(15)9-10-16(17)19/h2-11,19H,1H3. The molecule has 0 aromatic heterocycles. The fourth-order valence-corrected chi connectivity index (χ4v) is 2.41. The van der Waals surface area contributed by atoms with Gasteiger partial charge in [-0.1, -0.05) is 42.5 Å². The number of phenols is 1. The molecule has 3 aromatic rings. The number of fused-ring (bicyclic) bond motifs is 1. The number of ether oxygens (including phenoxy) is 1. The molecule has 0 unspecified atom stereocenters. The molecule has 1 N–H and O–H groups in total. The molecule has 0 saturated heterocycles. The Labute approximate surface area is 122 Å². The summed E-state index contributed by atoms with van der Waals surface area (Å²) in [7, 11) is 1.55. The Morgan fingerprint density at radius 2 is 1.81 bits per heavy atom. The molecule has 0 aliphatic heterocycles. The van der Waals surface area contributed by atoms with Crippen molar-refractivity contribution in [2.75, 3.05) is 7.11 Å². The van der Waals surface area contributed by atoms with Crippen LogP contribution in [0.5, 0.6) is 11.5 Å². The van der Waals surface area contributed by atoms with Gasteiger partial charge in [0.15, 0.2) is 5.78 Å². The van der Waals surface area contributed by atoms with Gasteiger partial charge in [-0.15, -0.1) is 0 Å². The second-order valence-electron chi connectivity index (χ2n) is 4.74. The van der Waals surface area contributed by atoms with Crippen molar-refractivity contribution in [3.05, 3.63) is 71.8 Å². The van der Waals surface area contributed by atoms with Crippen LogP contribution in [0, 0.1) is 0 Å². The largest absolute Gasteiger partial charge is 0.507 e. The molecule has 0 saturated carbocycles. The summed E-state index contributed by atoms with van der Waals surface area (Å²) in [5.41, 5.74) is 0.808. The topological polar surface area (TPSA) is 46.5 Å². The van der Waals surface area contributed by atoms with Gasteiger partial charge in [-0.25, -0.2) is 0 Å². The van der Waals surface area contributed by atoms with Crippen molar-refractivity contribution in [1.82, 2.24) is 0 Å². The molecule has 0 fully saturated rings. The zero-order chi connectivity index (χ0) is 14.8. The molecule has 0 amide bonds. The van der Waals surface area contributed by atoms with Crippen molar-refractivity contribution in [2.24, 2.45) is 0 Å². The minimum Gasteiger partial charge on any atom is -0.507 e. The number of phenolic OH excluding ortho intramolecular Hbond substituents is 1. The van der Waals surface area contributed by atoms with E-state index in [-0.39, 0.29) is 11.5 Å². The Hall–Kier alpha value is -2.81. The first kappa shape index (κ1) is 13.2. The third-order valence-electron chi connectivity index (χ3n) is 3.47. The van der Waals surface area contributed by atoms with Gasteiger partial charge in [-0.3, -0.25) is 4.79 Å². The lowest BCUT2D eigenvalue weighted by molar-refractivity contribution is 0.103. The normalized spacial score (nSPS) is 10.5. The number of carbonyl (C=O) groups excluding carboxylic acids is 1. The minimum absolute atomic E-state index is 0.0125. The van der Waals surface area contributed by atoms with Gasteiger partial charge >= 0.3 is 0 Å². The van der Waals surface area contributed by atoms with E-state index in [1.165, 1.54) is 0 Å². The zero-order valence-electron chi connectivity index (χ0n) is 11.5. The maximum atomic E-state index is 12.7. The van der Waals surface area contributed by atoms with Gasteiger partial charge in [-0.2, -0.15) is 0 Å². The van der Waals surface area contributed by atoms with Crippen LogP contribution in [0.15, 0.2) is 60.7 Å². The Balaban J connectivity index is 2.19. The van der Waals surface area contributed by atoms with Crippen LogP contribution in [0.1, 0.15) is 15.9 Å². The lowest BCUT2D eigenvalue weighted by Crippen LogP contribution is -2.03. The fraction of sp³-hybridized carbons (Fsp3) is 0.0556. The van der Waals surface area contributed by atoms with Crippen LogP contribution in [0.25, 0.3) is 10.8 Å². The van der Waals surface area contributed by atoms with E-state index in [2.05, 4.69) is 0 Å². The van der Waals surface area contributed by atoms with Gasteiger partial charge in [0.25, 0.3) is 0 Å². The van der Waals surface area contributed by atoms with Crippen molar-refractivity contribution in [3.8, 4) is 11.5 Å². The number of carbonyl (C=O) groups is 1. The first-order valence-electron chi connectivity index (χ1n) is 6.60. The highest BCUT2D eigenvalue weighted by Crippen LogP contribution is 2.30. The second-order valence-corrected chi connectivity index (χ2v) is 4.74. The molecular weight excluding hydrogens is 264 g/mol. The number of ketones is 1. The summed E-state index contributed by atoms with van der Waals surface area (Å²) in [4.78, 5) is 12.7. The van der Waals surface area contributed by atoms with Crippen molar-refractivity contribution in [3.63, 3.8) is 0 Å². The molecule has 3 aromatic carbocycles. The summed E-state index contributed by atoms with van der Waals surface area (Å²) in [6.07, 6.45) is 0. The van der Waals surface area contributed by atoms with E-state index in [0.29, 0.717) is 16.9 Å². The molecule has 0 aliphatic carbocycles. The molecule has 0 bridgehead atoms. The molecule has 0 aliphatic rings. The quantitative estimate of drug-likeness (QED) is 0.741. The molecular formula is C18H14O3. The molecule has 0 radical (unpaired) electrons. The maximum absolute atomic E-state index is 12.7. The molecule has 21 heavy (non-hydrogen) atoms. The Kier molecular flexibility index (Phi) is 3.32. The lowest BCUT2D eigenvalue weighted by Gasteiger charge is -2.09. The maximum Gasteiger partial charge on any atom is 0.197 e. The number of methoxy groups -OCH3 is 1. The summed E-state index contributed by atoms with van der Waals surface area (Å²) in [5, 5.41) is 11.8. The highest BCUT2D eigenvalue weighted by Gasteiger charge is 2.17. The second kappa shape index (κ2) is 5.29. The van der Waals surface area contributed by atoms with Crippen molar-refractivity contribution < 1.29 is 14.6 Å². The van der Waals surface area contributed by atoms with E-state index in [9.17, 15) is 9.90 Å². The first-order chi connectivity index (χ1) is 10.2. The summed E-state index contributed by atoms with van der Waals surface area (Å²) >= 11 is 0. The van der Waals surface area contributed by atoms with Crippen LogP contribution in [0.2, 0.25) is 0 Å². The molecule has 3 nitrogen and oxygen atoms in total. The predicted octanol–water partition coefficient (Wildman–Crippen LogP) is 3.79. The highest BCUT2D eigenvalue weighted by molar-refractivity contribution is 6.18. The van der Waals surface area contributed by atoms with Crippen LogP contribution in [0.4, 0.5) is 0 Å². The van der Waals surface area contributed by atoms with Gasteiger partial charge in [0.1, 0.15) is 11.5 Å². The van der Waals surface area contributed by atoms with Gasteiger partial charge in [0, 0.05) is 5.56 Å². The van der Waals surface area contributed by atoms with Gasteiger partial charge in [-0.05, 0) is 29.0 Å². The summed E-state index contributed by atoms with van der Waals surface area (Å²) in [6, 6.07) is 17.8. The van der Waals surface area contributed by atoms with Crippen LogP contribution >= 0.6 is 0 Å². The first-order valence-corrected chi connectivity index (χ1v) is 6.60. The smallest absolute Gasteiger partial charge is 0.197 e. The fourth-order valence-electron chi connectivity index (χ4n) is 2.41. The highest BCUT2D eigenvalue weighted by atomic mass is 16.5.